The van der Waals surface area contributed by atoms with E-state index in [0.29, 0.717) is 0 Å². The van der Waals surface area contributed by atoms with E-state index in [4.69, 9.17) is 14.2 Å². The third-order valence-electron chi connectivity index (χ3n) is 3.60. The van der Waals surface area contributed by atoms with Gasteiger partial charge in [-0.05, 0) is 32.4 Å². The van der Waals surface area contributed by atoms with Gasteiger partial charge in [-0.25, -0.2) is 9.59 Å². The van der Waals surface area contributed by atoms with Crippen molar-refractivity contribution in [3.05, 3.63) is 33.9 Å². The van der Waals surface area contributed by atoms with Gasteiger partial charge in [-0.3, -0.25) is 14.9 Å². The highest BCUT2D eigenvalue weighted by Crippen LogP contribution is 2.33. The molecular weight excluding hydrogens is 398 g/mol. The number of ether oxygens (including phenoxy) is 3. The third kappa shape index (κ3) is 8.06. The second-order valence-electron chi connectivity index (χ2n) is 8.69. The number of hydrogen-bond acceptors (Lipinski definition) is 8. The lowest BCUT2D eigenvalue weighted by Gasteiger charge is -2.27. The largest absolute Gasteiger partial charge is 0.478 e. The van der Waals surface area contributed by atoms with Crippen LogP contribution in [0, 0.1) is 15.5 Å². The zero-order valence-electron chi connectivity index (χ0n) is 17.9. The summed E-state index contributed by atoms with van der Waals surface area (Å²) < 4.78 is 15.3. The van der Waals surface area contributed by atoms with Crippen LogP contribution in [0.5, 0.6) is 5.75 Å². The summed E-state index contributed by atoms with van der Waals surface area (Å²) >= 11 is 0. The Morgan fingerprint density at radius 1 is 1.10 bits per heavy atom. The minimum absolute atomic E-state index is 0.229. The van der Waals surface area contributed by atoms with E-state index in [1.54, 1.807) is 41.5 Å². The molecule has 0 bridgehead atoms. The number of benzene rings is 1. The van der Waals surface area contributed by atoms with Crippen molar-refractivity contribution in [1.82, 2.24) is 0 Å². The number of carbonyl (C=O) groups excluding carboxylic acids is 2. The number of nitro groups is 1. The van der Waals surface area contributed by atoms with Crippen LogP contribution in [0.15, 0.2) is 18.2 Å². The van der Waals surface area contributed by atoms with Crippen molar-refractivity contribution >= 4 is 23.6 Å². The Hall–Kier alpha value is -3.17. The minimum Gasteiger partial charge on any atom is -0.478 e. The highest BCUT2D eigenvalue weighted by atomic mass is 16.6. The Balaban J connectivity index is 2.91. The highest BCUT2D eigenvalue weighted by Gasteiger charge is 2.35. The van der Waals surface area contributed by atoms with Crippen molar-refractivity contribution in [2.75, 3.05) is 6.61 Å². The number of nitrogens with zero attached hydrogens (tertiary/aromatic N) is 1. The van der Waals surface area contributed by atoms with Crippen molar-refractivity contribution in [3.63, 3.8) is 0 Å². The van der Waals surface area contributed by atoms with Gasteiger partial charge < -0.3 is 19.3 Å². The molecule has 30 heavy (non-hydrogen) atoms. The molecule has 0 heterocycles. The van der Waals surface area contributed by atoms with Crippen LogP contribution < -0.4 is 4.74 Å². The Bertz CT molecular complexity index is 819. The molecule has 0 aliphatic heterocycles. The van der Waals surface area contributed by atoms with E-state index < -0.39 is 52.2 Å². The van der Waals surface area contributed by atoms with Gasteiger partial charge in [0.15, 0.2) is 12.4 Å². The van der Waals surface area contributed by atoms with Gasteiger partial charge in [0.1, 0.15) is 5.60 Å². The van der Waals surface area contributed by atoms with Crippen molar-refractivity contribution in [2.45, 2.75) is 59.7 Å². The third-order valence-corrected chi connectivity index (χ3v) is 3.60. The first-order chi connectivity index (χ1) is 13.6. The molecule has 166 valence electrons. The topological polar surface area (TPSA) is 142 Å². The second-order valence-corrected chi connectivity index (χ2v) is 8.69. The fraction of sp³-hybridized carbons (Fsp3) is 0.550. The van der Waals surface area contributed by atoms with E-state index in [-0.39, 0.29) is 17.7 Å². The Labute approximate surface area is 174 Å². The number of rotatable bonds is 8. The number of esters is 2. The molecule has 0 spiro atoms. The Morgan fingerprint density at radius 2 is 1.70 bits per heavy atom. The summed E-state index contributed by atoms with van der Waals surface area (Å²) in [6.07, 6.45) is -1.65. The van der Waals surface area contributed by atoms with Gasteiger partial charge in [0.2, 0.25) is 6.10 Å². The molecule has 0 aliphatic carbocycles. The van der Waals surface area contributed by atoms with Crippen LogP contribution in [0.2, 0.25) is 0 Å². The lowest BCUT2D eigenvalue weighted by molar-refractivity contribution is -0.386. The molecule has 10 heteroatoms. The molecule has 1 aromatic carbocycles. The van der Waals surface area contributed by atoms with Crippen LogP contribution in [0.25, 0.3) is 0 Å². The zero-order chi connectivity index (χ0) is 23.3. The molecule has 1 aromatic rings. The molecule has 0 aliphatic rings. The Morgan fingerprint density at radius 3 is 2.17 bits per heavy atom. The first-order valence-corrected chi connectivity index (χ1v) is 9.14. The van der Waals surface area contributed by atoms with Crippen LogP contribution in [0.4, 0.5) is 5.69 Å². The SMILES string of the molecule is CC(C)(C)OC(=O)COC(=O)Cc1ccc(OC(C(=O)O)C(C)(C)C)c([N+](=O)[O-])c1. The normalized spacial score (nSPS) is 12.6. The van der Waals surface area contributed by atoms with Gasteiger partial charge in [-0.1, -0.05) is 26.8 Å². The molecule has 0 fully saturated rings. The zero-order valence-corrected chi connectivity index (χ0v) is 17.9. The maximum absolute atomic E-state index is 11.9. The van der Waals surface area contributed by atoms with Gasteiger partial charge in [-0.2, -0.15) is 0 Å². The minimum atomic E-state index is -1.32. The number of aliphatic carboxylic acids is 1. The van der Waals surface area contributed by atoms with E-state index in [1.165, 1.54) is 12.1 Å². The fourth-order valence-electron chi connectivity index (χ4n) is 2.37. The summed E-state index contributed by atoms with van der Waals surface area (Å²) in [5, 5.41) is 20.8. The van der Waals surface area contributed by atoms with Crippen molar-refractivity contribution in [3.8, 4) is 5.75 Å². The number of carbonyl (C=O) groups is 3. The summed E-state index contributed by atoms with van der Waals surface area (Å²) in [5.74, 6) is -2.98. The van der Waals surface area contributed by atoms with E-state index in [2.05, 4.69) is 0 Å². The lowest BCUT2D eigenvalue weighted by Crippen LogP contribution is -2.39. The summed E-state index contributed by atoms with van der Waals surface area (Å²) in [4.78, 5) is 45.7. The molecule has 0 radical (unpaired) electrons. The number of carboxylic acid groups (broad SMARTS) is 1. The molecule has 1 rings (SSSR count). The standard InChI is InChI=1S/C20H27NO9/c1-19(2,3)17(18(24)25)29-14-8-7-12(9-13(14)21(26)27)10-15(22)28-11-16(23)30-20(4,5)6/h7-9,17H,10-11H2,1-6H3,(H,24,25). The molecule has 0 amide bonds. The van der Waals surface area contributed by atoms with Gasteiger partial charge in [0, 0.05) is 11.5 Å². The van der Waals surface area contributed by atoms with Gasteiger partial charge in [-0.15, -0.1) is 0 Å². The molecule has 1 atom stereocenters. The van der Waals surface area contributed by atoms with Gasteiger partial charge in [0.05, 0.1) is 11.3 Å². The monoisotopic (exact) mass is 425 g/mol. The molecule has 10 nitrogen and oxygen atoms in total. The number of carboxylic acids is 1. The maximum Gasteiger partial charge on any atom is 0.345 e. The molecule has 1 unspecified atom stereocenters. The molecule has 1 N–H and O–H groups in total. The quantitative estimate of drug-likeness (QED) is 0.378. The average molecular weight is 425 g/mol. The van der Waals surface area contributed by atoms with E-state index in [0.717, 1.165) is 6.07 Å². The smallest absolute Gasteiger partial charge is 0.345 e. The van der Waals surface area contributed by atoms with E-state index in [9.17, 15) is 29.6 Å². The molecule has 0 saturated carbocycles. The first kappa shape index (κ1) is 24.9. The average Bonchev–Trinajstić information content (AvgIpc) is 2.55. The summed E-state index contributed by atoms with van der Waals surface area (Å²) in [6, 6.07) is 3.72. The maximum atomic E-state index is 11.9. The van der Waals surface area contributed by atoms with Crippen molar-refractivity contribution < 1.29 is 38.6 Å². The van der Waals surface area contributed by atoms with Crippen molar-refractivity contribution in [2.24, 2.45) is 5.41 Å². The molecule has 0 saturated heterocycles. The molecule has 0 aromatic heterocycles. The number of nitro benzene ring substituents is 1. The van der Waals surface area contributed by atoms with Gasteiger partial charge in [0.25, 0.3) is 0 Å². The van der Waals surface area contributed by atoms with Crippen LogP contribution in [0.1, 0.15) is 47.1 Å². The summed E-state index contributed by atoms with van der Waals surface area (Å²) in [7, 11) is 0. The van der Waals surface area contributed by atoms with Crippen LogP contribution in [-0.4, -0.2) is 46.2 Å². The predicted octanol–water partition coefficient (Wildman–Crippen LogP) is 2.90. The highest BCUT2D eigenvalue weighted by molar-refractivity contribution is 5.78. The number of hydrogen-bond donors (Lipinski definition) is 1. The van der Waals surface area contributed by atoms with E-state index in [1.807, 2.05) is 0 Å². The first-order valence-electron chi connectivity index (χ1n) is 9.14. The predicted molar refractivity (Wildman–Crippen MR) is 105 cm³/mol. The second kappa shape index (κ2) is 9.55. The van der Waals surface area contributed by atoms with Crippen molar-refractivity contribution in [1.29, 1.82) is 0 Å². The van der Waals surface area contributed by atoms with E-state index >= 15 is 0 Å². The van der Waals surface area contributed by atoms with Crippen LogP contribution >= 0.6 is 0 Å². The Kier molecular flexibility index (Phi) is 7.92. The van der Waals surface area contributed by atoms with Gasteiger partial charge >= 0.3 is 23.6 Å². The summed E-state index contributed by atoms with van der Waals surface area (Å²) in [6.45, 7) is 9.33. The summed E-state index contributed by atoms with van der Waals surface area (Å²) in [5.41, 5.74) is -1.78. The van der Waals surface area contributed by atoms with Crippen LogP contribution in [-0.2, 0) is 30.3 Å². The fourth-order valence-corrected chi connectivity index (χ4v) is 2.37. The molecular formula is C20H27NO9. The van der Waals surface area contributed by atoms with Crippen LogP contribution in [0.3, 0.4) is 0 Å². The lowest BCUT2D eigenvalue weighted by atomic mass is 9.89.